The van der Waals surface area contributed by atoms with E-state index in [4.69, 9.17) is 0 Å². The average molecular weight is 212 g/mol. The number of hydrogen-bond donors (Lipinski definition) is 1. The van der Waals surface area contributed by atoms with Crippen LogP contribution < -0.4 is 0 Å². The van der Waals surface area contributed by atoms with Gasteiger partial charge in [0.25, 0.3) is 0 Å². The average Bonchev–Trinajstić information content (AvgIpc) is 2.28. The van der Waals surface area contributed by atoms with Crippen LogP contribution in [-0.2, 0) is 0 Å². The van der Waals surface area contributed by atoms with Crippen LogP contribution in [0.2, 0.25) is 0 Å². The second kappa shape index (κ2) is 3.81. The number of allylic oxidation sites excluding steroid dienone is 1. The summed E-state index contributed by atoms with van der Waals surface area (Å²) in [7, 11) is 0. The summed E-state index contributed by atoms with van der Waals surface area (Å²) in [6.45, 7) is 5.25. The largest absolute Gasteiger partial charge is 0.507 e. The molecule has 0 aliphatic carbocycles. The van der Waals surface area contributed by atoms with Gasteiger partial charge in [0, 0.05) is 5.39 Å². The molecule has 0 spiro atoms. The van der Waals surface area contributed by atoms with Crippen LogP contribution in [0.3, 0.4) is 0 Å². The van der Waals surface area contributed by atoms with Crippen molar-refractivity contribution >= 4 is 16.6 Å². The molecule has 2 heteroatoms. The van der Waals surface area contributed by atoms with E-state index in [1.54, 1.807) is 6.07 Å². The van der Waals surface area contributed by atoms with Crippen LogP contribution in [0.25, 0.3) is 10.8 Å². The number of ketones is 1. The van der Waals surface area contributed by atoms with Gasteiger partial charge in [0.2, 0.25) is 0 Å². The lowest BCUT2D eigenvalue weighted by atomic mass is 9.97. The van der Waals surface area contributed by atoms with Crippen molar-refractivity contribution in [3.05, 3.63) is 54.1 Å². The minimum atomic E-state index is -0.249. The highest BCUT2D eigenvalue weighted by atomic mass is 16.3. The smallest absolute Gasteiger partial charge is 0.189 e. The number of rotatable bonds is 2. The highest BCUT2D eigenvalue weighted by molar-refractivity contribution is 6.11. The number of carbonyl (C=O) groups excluding carboxylic acids is 1. The van der Waals surface area contributed by atoms with Gasteiger partial charge < -0.3 is 5.11 Å². The molecule has 0 aliphatic heterocycles. The van der Waals surface area contributed by atoms with Gasteiger partial charge in [-0.05, 0) is 23.9 Å². The van der Waals surface area contributed by atoms with Crippen molar-refractivity contribution in [2.24, 2.45) is 0 Å². The number of carbonyl (C=O) groups is 1. The first-order valence-electron chi connectivity index (χ1n) is 5.03. The fourth-order valence-corrected chi connectivity index (χ4v) is 1.88. The fraction of sp³-hybridized carbons (Fsp3) is 0.0714. The summed E-state index contributed by atoms with van der Waals surface area (Å²) in [4.78, 5) is 11.6. The molecule has 0 aliphatic rings. The highest BCUT2D eigenvalue weighted by Crippen LogP contribution is 2.31. The first-order chi connectivity index (χ1) is 7.65. The van der Waals surface area contributed by atoms with E-state index in [0.717, 1.165) is 10.9 Å². The normalized spacial score (nSPS) is 10.3. The van der Waals surface area contributed by atoms with Crippen LogP contribution in [0, 0.1) is 6.92 Å². The van der Waals surface area contributed by atoms with Gasteiger partial charge in [0.15, 0.2) is 5.78 Å². The topological polar surface area (TPSA) is 37.3 Å². The molecule has 0 radical (unpaired) electrons. The van der Waals surface area contributed by atoms with Gasteiger partial charge in [-0.2, -0.15) is 0 Å². The molecule has 0 fully saturated rings. The van der Waals surface area contributed by atoms with Crippen LogP contribution in [0.5, 0.6) is 5.75 Å². The SMILES string of the molecule is C=CC(=O)c1c(C)cc2ccccc2c1O. The Kier molecular flexibility index (Phi) is 2.49. The molecular formula is C14H12O2. The number of phenolic OH excluding ortho intramolecular Hbond substituents is 1. The minimum Gasteiger partial charge on any atom is -0.507 e. The molecule has 0 aromatic heterocycles. The van der Waals surface area contributed by atoms with E-state index < -0.39 is 0 Å². The van der Waals surface area contributed by atoms with Crippen molar-refractivity contribution in [1.29, 1.82) is 0 Å². The maximum absolute atomic E-state index is 11.6. The van der Waals surface area contributed by atoms with Gasteiger partial charge in [0.1, 0.15) is 5.75 Å². The van der Waals surface area contributed by atoms with Crippen molar-refractivity contribution in [2.45, 2.75) is 6.92 Å². The van der Waals surface area contributed by atoms with Gasteiger partial charge >= 0.3 is 0 Å². The molecule has 80 valence electrons. The number of hydrogen-bond acceptors (Lipinski definition) is 2. The number of benzene rings is 2. The molecule has 0 saturated carbocycles. The van der Waals surface area contributed by atoms with Crippen molar-refractivity contribution in [3.63, 3.8) is 0 Å². The molecule has 0 saturated heterocycles. The molecular weight excluding hydrogens is 200 g/mol. The lowest BCUT2D eigenvalue weighted by Crippen LogP contribution is -1.98. The summed E-state index contributed by atoms with van der Waals surface area (Å²) in [5, 5.41) is 11.7. The number of phenols is 1. The highest BCUT2D eigenvalue weighted by Gasteiger charge is 2.14. The van der Waals surface area contributed by atoms with Crippen molar-refractivity contribution < 1.29 is 9.90 Å². The quantitative estimate of drug-likeness (QED) is 0.613. The lowest BCUT2D eigenvalue weighted by Gasteiger charge is -2.09. The molecule has 0 heterocycles. The van der Waals surface area contributed by atoms with E-state index in [0.29, 0.717) is 10.9 Å². The van der Waals surface area contributed by atoms with Crippen molar-refractivity contribution in [3.8, 4) is 5.75 Å². The fourth-order valence-electron chi connectivity index (χ4n) is 1.88. The van der Waals surface area contributed by atoms with Crippen LogP contribution in [0.4, 0.5) is 0 Å². The zero-order valence-corrected chi connectivity index (χ0v) is 9.03. The third kappa shape index (κ3) is 1.48. The molecule has 0 amide bonds. The van der Waals surface area contributed by atoms with E-state index in [-0.39, 0.29) is 11.5 Å². The van der Waals surface area contributed by atoms with E-state index in [1.807, 2.05) is 31.2 Å². The predicted octanol–water partition coefficient (Wildman–Crippen LogP) is 3.22. The summed E-state index contributed by atoms with van der Waals surface area (Å²) in [6.07, 6.45) is 1.22. The Morgan fingerprint density at radius 3 is 2.75 bits per heavy atom. The molecule has 2 nitrogen and oxygen atoms in total. The first-order valence-corrected chi connectivity index (χ1v) is 5.03. The Labute approximate surface area is 93.8 Å². The molecule has 0 bridgehead atoms. The standard InChI is InChI=1S/C14H12O2/c1-3-12(15)13-9(2)8-10-6-4-5-7-11(10)14(13)16/h3-8,16H,1H2,2H3. The van der Waals surface area contributed by atoms with E-state index in [2.05, 4.69) is 6.58 Å². The first kappa shape index (κ1) is 10.4. The summed E-state index contributed by atoms with van der Waals surface area (Å²) in [5.41, 5.74) is 1.11. The Morgan fingerprint density at radius 2 is 2.06 bits per heavy atom. The minimum absolute atomic E-state index is 0.0421. The van der Waals surface area contributed by atoms with E-state index >= 15 is 0 Å². The maximum atomic E-state index is 11.6. The Morgan fingerprint density at radius 1 is 1.38 bits per heavy atom. The van der Waals surface area contributed by atoms with Crippen LogP contribution in [0.15, 0.2) is 43.0 Å². The Hall–Kier alpha value is -2.09. The third-order valence-electron chi connectivity index (χ3n) is 2.65. The van der Waals surface area contributed by atoms with Gasteiger partial charge in [-0.15, -0.1) is 0 Å². The van der Waals surface area contributed by atoms with Gasteiger partial charge in [-0.25, -0.2) is 0 Å². The summed E-state index contributed by atoms with van der Waals surface area (Å²) in [5.74, 6) is -0.207. The zero-order valence-electron chi connectivity index (χ0n) is 9.03. The summed E-state index contributed by atoms with van der Waals surface area (Å²) in [6, 6.07) is 9.33. The summed E-state index contributed by atoms with van der Waals surface area (Å²) < 4.78 is 0. The van der Waals surface area contributed by atoms with Crippen molar-refractivity contribution in [2.75, 3.05) is 0 Å². The number of aromatic hydroxyl groups is 1. The van der Waals surface area contributed by atoms with Crippen LogP contribution in [0.1, 0.15) is 15.9 Å². The summed E-state index contributed by atoms with van der Waals surface area (Å²) >= 11 is 0. The number of fused-ring (bicyclic) bond motifs is 1. The molecule has 2 aromatic rings. The van der Waals surface area contributed by atoms with Gasteiger partial charge in [0.05, 0.1) is 5.56 Å². The van der Waals surface area contributed by atoms with Crippen LogP contribution >= 0.6 is 0 Å². The molecule has 2 rings (SSSR count). The van der Waals surface area contributed by atoms with Crippen LogP contribution in [-0.4, -0.2) is 10.9 Å². The van der Waals surface area contributed by atoms with Gasteiger partial charge in [-0.3, -0.25) is 4.79 Å². The molecule has 1 N–H and O–H groups in total. The molecule has 0 unspecified atom stereocenters. The zero-order chi connectivity index (χ0) is 11.7. The second-order valence-corrected chi connectivity index (χ2v) is 3.71. The maximum Gasteiger partial charge on any atom is 0.189 e. The monoisotopic (exact) mass is 212 g/mol. The predicted molar refractivity (Wildman–Crippen MR) is 64.9 cm³/mol. The van der Waals surface area contributed by atoms with Crippen molar-refractivity contribution in [1.82, 2.24) is 0 Å². The van der Waals surface area contributed by atoms with E-state index in [9.17, 15) is 9.90 Å². The Balaban J connectivity index is 2.85. The second-order valence-electron chi connectivity index (χ2n) is 3.71. The van der Waals surface area contributed by atoms with E-state index in [1.165, 1.54) is 6.08 Å². The Bertz CT molecular complexity index is 583. The third-order valence-corrected chi connectivity index (χ3v) is 2.65. The number of aryl methyl sites for hydroxylation is 1. The molecule has 0 atom stereocenters. The lowest BCUT2D eigenvalue weighted by molar-refractivity contribution is 0.104. The molecule has 16 heavy (non-hydrogen) atoms. The van der Waals surface area contributed by atoms with Gasteiger partial charge in [-0.1, -0.05) is 36.9 Å². The molecule has 2 aromatic carbocycles.